The van der Waals surface area contributed by atoms with Gasteiger partial charge in [-0.2, -0.15) is 0 Å². The molecule has 0 aliphatic carbocycles. The van der Waals surface area contributed by atoms with Crippen molar-refractivity contribution in [3.05, 3.63) is 33.9 Å². The lowest BCUT2D eigenvalue weighted by molar-refractivity contribution is 0.0596. The summed E-state index contributed by atoms with van der Waals surface area (Å²) in [7, 11) is 1.27. The lowest BCUT2D eigenvalue weighted by Gasteiger charge is -1.98. The number of anilines is 1. The molecule has 0 aliphatic rings. The third-order valence-electron chi connectivity index (χ3n) is 2.14. The number of thiazole rings is 1. The normalized spacial score (nSPS) is 10.4. The van der Waals surface area contributed by atoms with Crippen LogP contribution >= 0.6 is 34.5 Å². The van der Waals surface area contributed by atoms with Gasteiger partial charge in [-0.15, -0.1) is 0 Å². The maximum atomic E-state index is 11.4. The second-order valence-corrected chi connectivity index (χ2v) is 5.29. The first-order valence-corrected chi connectivity index (χ1v) is 6.39. The molecule has 1 aromatic carbocycles. The van der Waals surface area contributed by atoms with Crippen molar-refractivity contribution in [2.24, 2.45) is 0 Å². The second kappa shape index (κ2) is 5.14. The Morgan fingerprint density at radius 2 is 1.94 bits per heavy atom. The summed E-state index contributed by atoms with van der Waals surface area (Å²) in [5.41, 5.74) is 6.53. The summed E-state index contributed by atoms with van der Waals surface area (Å²) in [5, 5.41) is 1.85. The molecule has 2 aromatic rings. The molecule has 0 aliphatic heterocycles. The van der Waals surface area contributed by atoms with Gasteiger partial charge in [0.25, 0.3) is 0 Å². The number of aromatic nitrogens is 1. The number of nitrogen functional groups attached to an aromatic ring is 1. The van der Waals surface area contributed by atoms with E-state index in [4.69, 9.17) is 28.9 Å². The number of esters is 1. The first-order valence-electron chi connectivity index (χ1n) is 4.82. The Bertz CT molecular complexity index is 593. The standard InChI is InChI=1S/C11H8Cl2N2O2S/c1-17-11(16)8-9(14)18-10(15-8)5-2-6(12)4-7(13)3-5/h2-4H,14H2,1H3. The minimum atomic E-state index is -0.567. The van der Waals surface area contributed by atoms with Gasteiger partial charge in [-0.05, 0) is 18.2 Å². The molecule has 2 rings (SSSR count). The molecule has 0 bridgehead atoms. The number of methoxy groups -OCH3 is 1. The Balaban J connectivity index is 2.48. The lowest BCUT2D eigenvalue weighted by atomic mass is 10.2. The molecule has 0 saturated heterocycles. The third kappa shape index (κ3) is 2.58. The number of nitrogens with zero attached hydrogens (tertiary/aromatic N) is 1. The Hall–Kier alpha value is -1.30. The van der Waals surface area contributed by atoms with Crippen molar-refractivity contribution in [3.63, 3.8) is 0 Å². The summed E-state index contributed by atoms with van der Waals surface area (Å²) in [6.07, 6.45) is 0. The van der Waals surface area contributed by atoms with Crippen LogP contribution in [-0.2, 0) is 4.74 Å². The van der Waals surface area contributed by atoms with E-state index in [-0.39, 0.29) is 5.69 Å². The van der Waals surface area contributed by atoms with E-state index in [1.54, 1.807) is 18.2 Å². The molecule has 0 atom stereocenters. The predicted molar refractivity (Wildman–Crippen MR) is 73.3 cm³/mol. The molecule has 1 aromatic heterocycles. The quantitative estimate of drug-likeness (QED) is 0.863. The van der Waals surface area contributed by atoms with E-state index in [1.807, 2.05) is 0 Å². The number of hydrogen-bond donors (Lipinski definition) is 1. The zero-order chi connectivity index (χ0) is 13.3. The number of hydrogen-bond acceptors (Lipinski definition) is 5. The summed E-state index contributed by atoms with van der Waals surface area (Å²) >= 11 is 13.0. The van der Waals surface area contributed by atoms with E-state index < -0.39 is 5.97 Å². The van der Waals surface area contributed by atoms with Crippen LogP contribution < -0.4 is 5.73 Å². The predicted octanol–water partition coefficient (Wildman–Crippen LogP) is 3.49. The van der Waals surface area contributed by atoms with E-state index >= 15 is 0 Å². The van der Waals surface area contributed by atoms with Crippen molar-refractivity contribution < 1.29 is 9.53 Å². The van der Waals surface area contributed by atoms with Gasteiger partial charge in [0.05, 0.1) is 7.11 Å². The van der Waals surface area contributed by atoms with E-state index in [0.29, 0.717) is 25.6 Å². The van der Waals surface area contributed by atoms with Crippen LogP contribution in [-0.4, -0.2) is 18.1 Å². The van der Waals surface area contributed by atoms with Gasteiger partial charge in [-0.25, -0.2) is 9.78 Å². The zero-order valence-corrected chi connectivity index (χ0v) is 11.6. The molecule has 18 heavy (non-hydrogen) atoms. The topological polar surface area (TPSA) is 65.2 Å². The minimum absolute atomic E-state index is 0.105. The van der Waals surface area contributed by atoms with Crippen molar-refractivity contribution in [3.8, 4) is 10.6 Å². The van der Waals surface area contributed by atoms with Crippen LogP contribution in [0.3, 0.4) is 0 Å². The molecule has 0 amide bonds. The molecule has 0 unspecified atom stereocenters. The molecule has 0 radical (unpaired) electrons. The Kier molecular flexibility index (Phi) is 3.75. The number of rotatable bonds is 2. The molecule has 0 fully saturated rings. The Labute approximate surface area is 117 Å². The van der Waals surface area contributed by atoms with Crippen LogP contribution in [0.15, 0.2) is 18.2 Å². The maximum Gasteiger partial charge on any atom is 0.359 e. The van der Waals surface area contributed by atoms with E-state index in [2.05, 4.69) is 9.72 Å². The summed E-state index contributed by atoms with van der Waals surface area (Å²) in [5.74, 6) is -0.567. The average molecular weight is 303 g/mol. The highest BCUT2D eigenvalue weighted by molar-refractivity contribution is 7.19. The van der Waals surface area contributed by atoms with Crippen LogP contribution in [0.1, 0.15) is 10.5 Å². The number of halogens is 2. The number of carbonyl (C=O) groups excluding carboxylic acids is 1. The largest absolute Gasteiger partial charge is 0.464 e. The SMILES string of the molecule is COC(=O)c1nc(-c2cc(Cl)cc(Cl)c2)sc1N. The highest BCUT2D eigenvalue weighted by atomic mass is 35.5. The molecule has 0 spiro atoms. The van der Waals surface area contributed by atoms with E-state index in [1.165, 1.54) is 18.4 Å². The number of nitrogens with two attached hydrogens (primary N) is 1. The Morgan fingerprint density at radius 1 is 1.33 bits per heavy atom. The molecule has 94 valence electrons. The van der Waals surface area contributed by atoms with Gasteiger partial charge < -0.3 is 10.5 Å². The fourth-order valence-corrected chi connectivity index (χ4v) is 2.71. The number of ether oxygens (including phenoxy) is 1. The van der Waals surface area contributed by atoms with Crippen LogP contribution in [0, 0.1) is 0 Å². The smallest absolute Gasteiger partial charge is 0.359 e. The van der Waals surface area contributed by atoms with Crippen LogP contribution in [0.25, 0.3) is 10.6 Å². The van der Waals surface area contributed by atoms with Crippen molar-refractivity contribution in [2.75, 3.05) is 12.8 Å². The van der Waals surface area contributed by atoms with Gasteiger partial charge in [0.1, 0.15) is 10.0 Å². The molecule has 7 heteroatoms. The van der Waals surface area contributed by atoms with Gasteiger partial charge in [0.2, 0.25) is 0 Å². The maximum absolute atomic E-state index is 11.4. The van der Waals surface area contributed by atoms with Crippen LogP contribution in [0.4, 0.5) is 5.00 Å². The summed E-state index contributed by atoms with van der Waals surface area (Å²) in [6.45, 7) is 0. The molecule has 4 nitrogen and oxygen atoms in total. The monoisotopic (exact) mass is 302 g/mol. The van der Waals surface area contributed by atoms with Crippen LogP contribution in [0.2, 0.25) is 10.0 Å². The highest BCUT2D eigenvalue weighted by Crippen LogP contribution is 2.33. The fourth-order valence-electron chi connectivity index (χ4n) is 1.38. The lowest BCUT2D eigenvalue weighted by Crippen LogP contribution is -2.04. The van der Waals surface area contributed by atoms with Crippen molar-refractivity contribution in [1.82, 2.24) is 4.98 Å². The third-order valence-corrected chi connectivity index (χ3v) is 3.51. The van der Waals surface area contributed by atoms with Gasteiger partial charge in [-0.3, -0.25) is 0 Å². The zero-order valence-electron chi connectivity index (χ0n) is 9.24. The minimum Gasteiger partial charge on any atom is -0.464 e. The number of benzene rings is 1. The summed E-state index contributed by atoms with van der Waals surface area (Å²) < 4.78 is 4.59. The number of carbonyl (C=O) groups is 1. The van der Waals surface area contributed by atoms with Crippen molar-refractivity contribution in [2.45, 2.75) is 0 Å². The second-order valence-electron chi connectivity index (χ2n) is 3.38. The fraction of sp³-hybridized carbons (Fsp3) is 0.0909. The molecule has 0 saturated carbocycles. The molecular formula is C11H8Cl2N2O2S. The van der Waals surface area contributed by atoms with Crippen molar-refractivity contribution >= 4 is 45.5 Å². The highest BCUT2D eigenvalue weighted by Gasteiger charge is 2.17. The van der Waals surface area contributed by atoms with Crippen molar-refractivity contribution in [1.29, 1.82) is 0 Å². The average Bonchev–Trinajstić information content (AvgIpc) is 2.69. The molecule has 1 heterocycles. The van der Waals surface area contributed by atoms with Gasteiger partial charge in [0.15, 0.2) is 5.69 Å². The van der Waals surface area contributed by atoms with Crippen LogP contribution in [0.5, 0.6) is 0 Å². The summed E-state index contributed by atoms with van der Waals surface area (Å²) in [4.78, 5) is 15.5. The van der Waals surface area contributed by atoms with E-state index in [9.17, 15) is 4.79 Å². The Morgan fingerprint density at radius 3 is 2.50 bits per heavy atom. The summed E-state index contributed by atoms with van der Waals surface area (Å²) in [6, 6.07) is 5.02. The van der Waals surface area contributed by atoms with Gasteiger partial charge >= 0.3 is 5.97 Å². The molecule has 2 N–H and O–H groups in total. The van der Waals surface area contributed by atoms with Gasteiger partial charge in [-0.1, -0.05) is 34.5 Å². The molecular weight excluding hydrogens is 295 g/mol. The first-order chi connectivity index (χ1) is 8.51. The van der Waals surface area contributed by atoms with E-state index in [0.717, 1.165) is 0 Å². The van der Waals surface area contributed by atoms with Gasteiger partial charge in [0, 0.05) is 15.6 Å². The first kappa shape index (κ1) is 13.1.